The largest absolute Gasteiger partial charge is 0.335 e. The van der Waals surface area contributed by atoms with E-state index in [1.54, 1.807) is 13.0 Å². The third-order valence-corrected chi connectivity index (χ3v) is 4.59. The van der Waals surface area contributed by atoms with Crippen LogP contribution < -0.4 is 0 Å². The summed E-state index contributed by atoms with van der Waals surface area (Å²) in [6, 6.07) is 13.5. The van der Waals surface area contributed by atoms with Crippen molar-refractivity contribution < 1.29 is 13.2 Å². The van der Waals surface area contributed by atoms with E-state index < -0.39 is 18.8 Å². The lowest BCUT2D eigenvalue weighted by molar-refractivity contribution is 0.123. The molecule has 0 fully saturated rings. The van der Waals surface area contributed by atoms with E-state index in [1.807, 2.05) is 36.4 Å². The predicted octanol–water partition coefficient (Wildman–Crippen LogP) is 6.39. The maximum absolute atomic E-state index is 14.7. The molecule has 0 bridgehead atoms. The molecule has 0 aromatic heterocycles. The van der Waals surface area contributed by atoms with Gasteiger partial charge in [-0.2, -0.15) is 0 Å². The van der Waals surface area contributed by atoms with E-state index in [9.17, 15) is 13.2 Å². The van der Waals surface area contributed by atoms with Crippen LogP contribution in [-0.4, -0.2) is 17.9 Å². The van der Waals surface area contributed by atoms with Crippen LogP contribution in [0.3, 0.4) is 0 Å². The molecule has 1 aliphatic rings. The second-order valence-corrected chi connectivity index (χ2v) is 6.41. The average molecular weight is 376 g/mol. The van der Waals surface area contributed by atoms with Crippen LogP contribution in [0.2, 0.25) is 5.02 Å². The molecule has 0 N–H and O–H groups in total. The number of halogens is 4. The van der Waals surface area contributed by atoms with Gasteiger partial charge in [-0.15, -0.1) is 0 Å². The van der Waals surface area contributed by atoms with Crippen LogP contribution in [0.15, 0.2) is 72.5 Å². The highest BCUT2D eigenvalue weighted by atomic mass is 35.5. The highest BCUT2D eigenvalue weighted by Crippen LogP contribution is 2.42. The average Bonchev–Trinajstić information content (AvgIpc) is 2.60. The van der Waals surface area contributed by atoms with Crippen molar-refractivity contribution >= 4 is 22.9 Å². The molecule has 0 saturated heterocycles. The van der Waals surface area contributed by atoms with Gasteiger partial charge in [0.05, 0.1) is 22.8 Å². The van der Waals surface area contributed by atoms with Crippen molar-refractivity contribution in [2.24, 2.45) is 0 Å². The molecule has 5 heteroatoms. The van der Waals surface area contributed by atoms with Gasteiger partial charge in [0, 0.05) is 11.3 Å². The van der Waals surface area contributed by atoms with Gasteiger partial charge in [0.2, 0.25) is 0 Å². The Hall–Kier alpha value is -2.46. The molecule has 0 unspecified atom stereocenters. The summed E-state index contributed by atoms with van der Waals surface area (Å²) in [6.07, 6.45) is -0.784. The summed E-state index contributed by atoms with van der Waals surface area (Å²) in [4.78, 5) is 1.35. The Bertz CT molecular complexity index is 880. The molecule has 0 aliphatic carbocycles. The molecule has 0 radical (unpaired) electrons. The van der Waals surface area contributed by atoms with Gasteiger partial charge in [-0.05, 0) is 36.3 Å². The zero-order valence-corrected chi connectivity index (χ0v) is 14.9. The molecular weight excluding hydrogens is 359 g/mol. The molecule has 0 atom stereocenters. The molecule has 26 heavy (non-hydrogen) atoms. The number of benzene rings is 2. The molecule has 2 aromatic rings. The number of allylic oxidation sites excluding steroid dienone is 3. The number of alkyl halides is 2. The maximum Gasteiger partial charge on any atom is 0.256 e. The van der Waals surface area contributed by atoms with Crippen LogP contribution in [-0.2, 0) is 0 Å². The summed E-state index contributed by atoms with van der Waals surface area (Å²) in [5.74, 6) is -0.569. The summed E-state index contributed by atoms with van der Waals surface area (Å²) in [5, 5.41) is 0.161. The van der Waals surface area contributed by atoms with Gasteiger partial charge in [0.15, 0.2) is 0 Å². The number of rotatable bonds is 4. The van der Waals surface area contributed by atoms with Crippen LogP contribution in [0.25, 0.3) is 11.3 Å². The topological polar surface area (TPSA) is 3.24 Å². The highest BCUT2D eigenvalue weighted by Gasteiger charge is 2.29. The molecule has 2 aromatic carbocycles. The second kappa shape index (κ2) is 7.42. The fourth-order valence-corrected chi connectivity index (χ4v) is 3.28. The minimum Gasteiger partial charge on any atom is -0.335 e. The van der Waals surface area contributed by atoms with Gasteiger partial charge in [-0.3, -0.25) is 0 Å². The SMILES string of the molecule is C=C1C(C)=CC(c2ccccc2)=C(c2c(F)cccc2Cl)N1CC(F)F. The predicted molar refractivity (Wildman–Crippen MR) is 100 cm³/mol. The third-order valence-electron chi connectivity index (χ3n) is 4.27. The Morgan fingerprint density at radius 3 is 2.38 bits per heavy atom. The smallest absolute Gasteiger partial charge is 0.256 e. The Morgan fingerprint density at radius 1 is 1.08 bits per heavy atom. The van der Waals surface area contributed by atoms with Crippen LogP contribution in [0.4, 0.5) is 13.2 Å². The minimum atomic E-state index is -2.62. The van der Waals surface area contributed by atoms with E-state index in [-0.39, 0.29) is 10.6 Å². The fourth-order valence-electron chi connectivity index (χ4n) is 3.03. The first-order chi connectivity index (χ1) is 12.4. The zero-order valence-electron chi connectivity index (χ0n) is 14.1. The Labute approximate surface area is 155 Å². The van der Waals surface area contributed by atoms with Crippen molar-refractivity contribution in [2.75, 3.05) is 6.54 Å². The van der Waals surface area contributed by atoms with Crippen molar-refractivity contribution in [3.63, 3.8) is 0 Å². The van der Waals surface area contributed by atoms with Gasteiger partial charge < -0.3 is 4.90 Å². The molecular formula is C21H17ClF3N. The van der Waals surface area contributed by atoms with Crippen molar-refractivity contribution in [3.8, 4) is 0 Å². The minimum absolute atomic E-state index is 0.0959. The summed E-state index contributed by atoms with van der Waals surface area (Å²) < 4.78 is 41.3. The van der Waals surface area contributed by atoms with Gasteiger partial charge >= 0.3 is 0 Å². The molecule has 0 saturated carbocycles. The van der Waals surface area contributed by atoms with Crippen LogP contribution >= 0.6 is 11.6 Å². The van der Waals surface area contributed by atoms with Gasteiger partial charge in [-0.1, -0.05) is 54.6 Å². The van der Waals surface area contributed by atoms with Crippen LogP contribution in [0, 0.1) is 5.82 Å². The molecule has 0 amide bonds. The van der Waals surface area contributed by atoms with E-state index in [0.717, 1.165) is 11.1 Å². The molecule has 134 valence electrons. The van der Waals surface area contributed by atoms with Crippen molar-refractivity contribution in [2.45, 2.75) is 13.3 Å². The number of nitrogens with zero attached hydrogens (tertiary/aromatic N) is 1. The Kier molecular flexibility index (Phi) is 5.23. The summed E-state index contributed by atoms with van der Waals surface area (Å²) in [7, 11) is 0. The van der Waals surface area contributed by atoms with E-state index in [2.05, 4.69) is 6.58 Å². The monoisotopic (exact) mass is 375 g/mol. The lowest BCUT2D eigenvalue weighted by Gasteiger charge is -2.35. The van der Waals surface area contributed by atoms with Gasteiger partial charge in [0.25, 0.3) is 6.43 Å². The molecule has 3 rings (SSSR count). The normalized spacial score (nSPS) is 14.9. The summed E-state index contributed by atoms with van der Waals surface area (Å²) in [6.45, 7) is 5.12. The Morgan fingerprint density at radius 2 is 1.77 bits per heavy atom. The fraction of sp³-hybridized carbons (Fsp3) is 0.143. The molecule has 0 spiro atoms. The number of hydrogen-bond acceptors (Lipinski definition) is 1. The molecule has 1 heterocycles. The first kappa shape index (κ1) is 18.3. The highest BCUT2D eigenvalue weighted by molar-refractivity contribution is 6.32. The van der Waals surface area contributed by atoms with E-state index in [4.69, 9.17) is 11.6 Å². The molecule has 1 aliphatic heterocycles. The number of hydrogen-bond donors (Lipinski definition) is 0. The van der Waals surface area contributed by atoms with E-state index in [1.165, 1.54) is 17.0 Å². The summed E-state index contributed by atoms with van der Waals surface area (Å²) in [5.41, 5.74) is 2.95. The standard InChI is InChI=1S/C21H17ClF3N/c1-13-11-16(15-7-4-3-5-8-15)21(26(14(13)2)12-19(24)25)20-17(22)9-6-10-18(20)23/h3-11,19H,2,12H2,1H3. The van der Waals surface area contributed by atoms with Crippen molar-refractivity contribution in [1.82, 2.24) is 4.90 Å². The van der Waals surface area contributed by atoms with Gasteiger partial charge in [0.1, 0.15) is 5.82 Å². The van der Waals surface area contributed by atoms with Crippen LogP contribution in [0.5, 0.6) is 0 Å². The zero-order chi connectivity index (χ0) is 18.8. The van der Waals surface area contributed by atoms with Crippen molar-refractivity contribution in [1.29, 1.82) is 0 Å². The Balaban J connectivity index is 2.35. The van der Waals surface area contributed by atoms with Crippen molar-refractivity contribution in [3.05, 3.63) is 94.4 Å². The quantitative estimate of drug-likeness (QED) is 0.598. The molecule has 1 nitrogen and oxygen atoms in total. The third kappa shape index (κ3) is 3.42. The lowest BCUT2D eigenvalue weighted by atomic mass is 9.92. The lowest BCUT2D eigenvalue weighted by Crippen LogP contribution is -2.30. The maximum atomic E-state index is 14.7. The van der Waals surface area contributed by atoms with Crippen LogP contribution in [0.1, 0.15) is 18.1 Å². The second-order valence-electron chi connectivity index (χ2n) is 6.00. The van der Waals surface area contributed by atoms with Gasteiger partial charge in [-0.25, -0.2) is 13.2 Å². The first-order valence-corrected chi connectivity index (χ1v) is 8.45. The summed E-state index contributed by atoms with van der Waals surface area (Å²) >= 11 is 6.26. The van der Waals surface area contributed by atoms with E-state index in [0.29, 0.717) is 17.0 Å². The first-order valence-electron chi connectivity index (χ1n) is 8.07. The van der Waals surface area contributed by atoms with E-state index >= 15 is 0 Å².